The van der Waals surface area contributed by atoms with E-state index in [-0.39, 0.29) is 0 Å². The zero-order chi connectivity index (χ0) is 10.9. The number of carbonyl (C=O) groups excluding carboxylic acids is 1. The van der Waals surface area contributed by atoms with Gasteiger partial charge in [-0.1, -0.05) is 26.0 Å². The minimum atomic E-state index is 0.370. The SMILES string of the molecule is CC1(C)CC2=CCC=C2[C@H]1CCC=C=O. The van der Waals surface area contributed by atoms with Crippen LogP contribution in [0.2, 0.25) is 0 Å². The molecule has 80 valence electrons. The first-order chi connectivity index (χ1) is 7.15. The van der Waals surface area contributed by atoms with E-state index in [9.17, 15) is 4.79 Å². The third-order valence-electron chi connectivity index (χ3n) is 3.72. The maximum Gasteiger partial charge on any atom is 0.120 e. The first-order valence-corrected chi connectivity index (χ1v) is 5.74. The molecule has 0 aromatic carbocycles. The number of fused-ring (bicyclic) bond motifs is 1. The van der Waals surface area contributed by atoms with E-state index in [1.807, 2.05) is 5.94 Å². The summed E-state index contributed by atoms with van der Waals surface area (Å²) < 4.78 is 0. The third kappa shape index (κ3) is 1.85. The predicted octanol–water partition coefficient (Wildman–Crippen LogP) is 3.46. The molecule has 1 atom stereocenters. The van der Waals surface area contributed by atoms with E-state index in [0.29, 0.717) is 11.3 Å². The van der Waals surface area contributed by atoms with E-state index in [2.05, 4.69) is 26.0 Å². The Balaban J connectivity index is 2.13. The van der Waals surface area contributed by atoms with Crippen LogP contribution in [0.5, 0.6) is 0 Å². The van der Waals surface area contributed by atoms with Crippen LogP contribution in [0.3, 0.4) is 0 Å². The molecule has 0 radical (unpaired) electrons. The van der Waals surface area contributed by atoms with Gasteiger partial charge in [-0.3, -0.25) is 0 Å². The Morgan fingerprint density at radius 2 is 2.33 bits per heavy atom. The fraction of sp³-hybridized carbons (Fsp3) is 0.571. The van der Waals surface area contributed by atoms with Gasteiger partial charge >= 0.3 is 0 Å². The summed E-state index contributed by atoms with van der Waals surface area (Å²) in [6.45, 7) is 4.67. The van der Waals surface area contributed by atoms with Gasteiger partial charge in [0.1, 0.15) is 5.94 Å². The molecule has 1 fully saturated rings. The van der Waals surface area contributed by atoms with Gasteiger partial charge in [0, 0.05) is 0 Å². The van der Waals surface area contributed by atoms with E-state index in [4.69, 9.17) is 0 Å². The molecule has 0 heterocycles. The quantitative estimate of drug-likeness (QED) is 0.640. The molecule has 0 bridgehead atoms. The van der Waals surface area contributed by atoms with Crippen molar-refractivity contribution in [1.29, 1.82) is 0 Å². The Kier molecular flexibility index (Phi) is 2.67. The number of hydrogen-bond acceptors (Lipinski definition) is 1. The molecule has 2 aliphatic carbocycles. The molecule has 0 aliphatic heterocycles. The van der Waals surface area contributed by atoms with Crippen molar-refractivity contribution in [3.63, 3.8) is 0 Å². The van der Waals surface area contributed by atoms with Crippen LogP contribution in [0.25, 0.3) is 0 Å². The second-order valence-electron chi connectivity index (χ2n) is 5.24. The fourth-order valence-electron chi connectivity index (χ4n) is 3.01. The highest BCUT2D eigenvalue weighted by molar-refractivity contribution is 5.46. The van der Waals surface area contributed by atoms with E-state index >= 15 is 0 Å². The van der Waals surface area contributed by atoms with Gasteiger partial charge in [-0.05, 0) is 54.2 Å². The molecule has 0 saturated heterocycles. The lowest BCUT2D eigenvalue weighted by Crippen LogP contribution is -2.18. The van der Waals surface area contributed by atoms with Gasteiger partial charge in [0.15, 0.2) is 0 Å². The monoisotopic (exact) mass is 202 g/mol. The number of allylic oxidation sites excluding steroid dienone is 5. The molecule has 0 aromatic rings. The van der Waals surface area contributed by atoms with Crippen molar-refractivity contribution in [2.45, 2.75) is 39.5 Å². The van der Waals surface area contributed by atoms with Crippen LogP contribution in [0, 0.1) is 11.3 Å². The van der Waals surface area contributed by atoms with Gasteiger partial charge in [-0.2, -0.15) is 0 Å². The van der Waals surface area contributed by atoms with Crippen LogP contribution in [0.15, 0.2) is 29.4 Å². The van der Waals surface area contributed by atoms with E-state index in [1.54, 1.807) is 17.2 Å². The van der Waals surface area contributed by atoms with Gasteiger partial charge in [-0.25, -0.2) is 4.79 Å². The van der Waals surface area contributed by atoms with Crippen LogP contribution >= 0.6 is 0 Å². The lowest BCUT2D eigenvalue weighted by molar-refractivity contribution is 0.273. The van der Waals surface area contributed by atoms with E-state index in [0.717, 1.165) is 19.3 Å². The van der Waals surface area contributed by atoms with Crippen molar-refractivity contribution >= 4 is 5.94 Å². The first kappa shape index (κ1) is 10.4. The Morgan fingerprint density at radius 1 is 1.53 bits per heavy atom. The molecule has 15 heavy (non-hydrogen) atoms. The highest BCUT2D eigenvalue weighted by Gasteiger charge is 2.41. The molecular weight excluding hydrogens is 184 g/mol. The first-order valence-electron chi connectivity index (χ1n) is 5.74. The largest absolute Gasteiger partial charge is 0.234 e. The average Bonchev–Trinajstić information content (AvgIpc) is 2.66. The Hall–Kier alpha value is -1.07. The molecule has 1 heteroatoms. The van der Waals surface area contributed by atoms with Gasteiger partial charge in [0.05, 0.1) is 0 Å². The van der Waals surface area contributed by atoms with Crippen molar-refractivity contribution in [2.75, 3.05) is 0 Å². The van der Waals surface area contributed by atoms with Crippen molar-refractivity contribution < 1.29 is 4.79 Å². The Morgan fingerprint density at radius 3 is 3.07 bits per heavy atom. The van der Waals surface area contributed by atoms with Gasteiger partial charge in [-0.15, -0.1) is 0 Å². The zero-order valence-electron chi connectivity index (χ0n) is 9.55. The summed E-state index contributed by atoms with van der Waals surface area (Å²) in [5.41, 5.74) is 3.48. The second-order valence-corrected chi connectivity index (χ2v) is 5.24. The molecule has 0 N–H and O–H groups in total. The summed E-state index contributed by atoms with van der Waals surface area (Å²) in [6, 6.07) is 0. The molecular formula is C14H18O. The summed E-state index contributed by atoms with van der Waals surface area (Å²) in [4.78, 5) is 10.2. The van der Waals surface area contributed by atoms with E-state index in [1.165, 1.54) is 6.42 Å². The Labute approximate surface area is 91.6 Å². The normalized spacial score (nSPS) is 26.7. The smallest absolute Gasteiger partial charge is 0.120 e. The summed E-state index contributed by atoms with van der Waals surface area (Å²) in [6.07, 6.45) is 10.6. The summed E-state index contributed by atoms with van der Waals surface area (Å²) >= 11 is 0. The van der Waals surface area contributed by atoms with Gasteiger partial charge < -0.3 is 0 Å². The van der Waals surface area contributed by atoms with Gasteiger partial charge in [0.25, 0.3) is 0 Å². The summed E-state index contributed by atoms with van der Waals surface area (Å²) in [7, 11) is 0. The minimum absolute atomic E-state index is 0.370. The highest BCUT2D eigenvalue weighted by Crippen LogP contribution is 2.53. The summed E-state index contributed by atoms with van der Waals surface area (Å²) in [5, 5.41) is 0. The zero-order valence-corrected chi connectivity index (χ0v) is 9.55. The minimum Gasteiger partial charge on any atom is -0.234 e. The standard InChI is InChI=1S/C14H18O/c1-14(2)10-11-6-5-7-12(11)13(14)8-3-4-9-15/h4,6-7,13H,3,5,8,10H2,1-2H3/t13-/m1/s1. The molecule has 0 spiro atoms. The molecule has 0 unspecified atom stereocenters. The second kappa shape index (κ2) is 3.83. The molecule has 2 rings (SSSR count). The topological polar surface area (TPSA) is 17.1 Å². The van der Waals surface area contributed by atoms with Crippen LogP contribution in [-0.4, -0.2) is 5.94 Å². The molecule has 2 aliphatic rings. The molecule has 1 saturated carbocycles. The van der Waals surface area contributed by atoms with E-state index < -0.39 is 0 Å². The van der Waals surface area contributed by atoms with Crippen LogP contribution in [0.1, 0.15) is 39.5 Å². The maximum atomic E-state index is 10.2. The van der Waals surface area contributed by atoms with Gasteiger partial charge in [0.2, 0.25) is 0 Å². The Bertz CT molecular complexity index is 365. The molecule has 0 aromatic heterocycles. The van der Waals surface area contributed by atoms with Crippen LogP contribution < -0.4 is 0 Å². The number of rotatable bonds is 3. The lowest BCUT2D eigenvalue weighted by atomic mass is 9.78. The molecule has 1 nitrogen and oxygen atoms in total. The van der Waals surface area contributed by atoms with Crippen LogP contribution in [0.4, 0.5) is 0 Å². The van der Waals surface area contributed by atoms with Crippen molar-refractivity contribution in [2.24, 2.45) is 11.3 Å². The molecule has 0 amide bonds. The average molecular weight is 202 g/mol. The third-order valence-corrected chi connectivity index (χ3v) is 3.72. The summed E-state index contributed by atoms with van der Waals surface area (Å²) in [5.74, 6) is 2.50. The predicted molar refractivity (Wildman–Crippen MR) is 62.2 cm³/mol. The van der Waals surface area contributed by atoms with Crippen molar-refractivity contribution in [3.8, 4) is 0 Å². The lowest BCUT2D eigenvalue weighted by Gasteiger charge is -2.26. The highest BCUT2D eigenvalue weighted by atomic mass is 16.1. The fourth-order valence-corrected chi connectivity index (χ4v) is 3.01. The van der Waals surface area contributed by atoms with Crippen molar-refractivity contribution in [1.82, 2.24) is 0 Å². The maximum absolute atomic E-state index is 10.2. The van der Waals surface area contributed by atoms with Crippen molar-refractivity contribution in [3.05, 3.63) is 29.4 Å². The number of hydrogen-bond donors (Lipinski definition) is 0. The van der Waals surface area contributed by atoms with Crippen LogP contribution in [-0.2, 0) is 4.79 Å².